The molecule has 0 aliphatic heterocycles. The van der Waals surface area contributed by atoms with Crippen molar-refractivity contribution in [2.75, 3.05) is 12.4 Å². The van der Waals surface area contributed by atoms with Gasteiger partial charge in [0.05, 0.1) is 25.6 Å². The average molecular weight is 327 g/mol. The summed E-state index contributed by atoms with van der Waals surface area (Å²) in [5, 5.41) is 10.8. The Kier molecular flexibility index (Phi) is 4.55. The Hall–Kier alpha value is -3.16. The number of hydrogen-bond donors (Lipinski definition) is 1. The third-order valence-corrected chi connectivity index (χ3v) is 2.96. The summed E-state index contributed by atoms with van der Waals surface area (Å²) >= 11 is 0. The molecule has 3 heterocycles. The van der Waals surface area contributed by atoms with Gasteiger partial charge >= 0.3 is 6.01 Å². The van der Waals surface area contributed by atoms with Crippen molar-refractivity contribution in [3.05, 3.63) is 36.7 Å². The summed E-state index contributed by atoms with van der Waals surface area (Å²) in [6.45, 7) is 3.91. The third kappa shape index (κ3) is 3.78. The van der Waals surface area contributed by atoms with Crippen LogP contribution in [0.25, 0.3) is 11.6 Å². The first-order chi connectivity index (χ1) is 11.6. The van der Waals surface area contributed by atoms with Crippen LogP contribution in [0.2, 0.25) is 0 Å². The van der Waals surface area contributed by atoms with Gasteiger partial charge in [-0.05, 0) is 38.1 Å². The van der Waals surface area contributed by atoms with Crippen LogP contribution in [0.1, 0.15) is 13.8 Å². The van der Waals surface area contributed by atoms with Crippen LogP contribution in [-0.4, -0.2) is 33.4 Å². The van der Waals surface area contributed by atoms with Gasteiger partial charge in [-0.2, -0.15) is 0 Å². The highest BCUT2D eigenvalue weighted by Gasteiger charge is 2.11. The summed E-state index contributed by atoms with van der Waals surface area (Å²) in [5.74, 6) is 2.23. The molecule has 0 atom stereocenters. The van der Waals surface area contributed by atoms with Gasteiger partial charge in [-0.3, -0.25) is 5.32 Å². The van der Waals surface area contributed by atoms with Crippen LogP contribution in [0.5, 0.6) is 11.5 Å². The number of rotatable bonds is 6. The van der Waals surface area contributed by atoms with E-state index in [1.54, 1.807) is 37.7 Å². The molecule has 0 fully saturated rings. The standard InChI is InChI=1S/C16H17N5O3/c1-10(2)23-12-4-6-13(17-9-12)15-20-21-16(24-15)19-14-7-5-11(22-3)8-18-14/h4-10H,1-3H3,(H,18,19,21). The van der Waals surface area contributed by atoms with E-state index in [-0.39, 0.29) is 12.1 Å². The molecule has 3 aromatic rings. The molecule has 0 saturated heterocycles. The number of methoxy groups -OCH3 is 1. The lowest BCUT2D eigenvalue weighted by Crippen LogP contribution is -2.05. The molecule has 0 radical (unpaired) electrons. The molecule has 24 heavy (non-hydrogen) atoms. The number of aromatic nitrogens is 4. The van der Waals surface area contributed by atoms with E-state index in [9.17, 15) is 0 Å². The number of nitrogens with zero attached hydrogens (tertiary/aromatic N) is 4. The molecule has 0 aromatic carbocycles. The van der Waals surface area contributed by atoms with Gasteiger partial charge in [0.2, 0.25) is 0 Å². The van der Waals surface area contributed by atoms with E-state index in [0.717, 1.165) is 0 Å². The van der Waals surface area contributed by atoms with Crippen LogP contribution in [0.3, 0.4) is 0 Å². The zero-order chi connectivity index (χ0) is 16.9. The van der Waals surface area contributed by atoms with Crippen molar-refractivity contribution in [1.82, 2.24) is 20.2 Å². The number of hydrogen-bond acceptors (Lipinski definition) is 8. The zero-order valence-corrected chi connectivity index (χ0v) is 13.6. The molecule has 0 aliphatic carbocycles. The maximum Gasteiger partial charge on any atom is 0.321 e. The summed E-state index contributed by atoms with van der Waals surface area (Å²) < 4.78 is 16.1. The lowest BCUT2D eigenvalue weighted by atomic mass is 10.3. The minimum absolute atomic E-state index is 0.0915. The molecular formula is C16H17N5O3. The summed E-state index contributed by atoms with van der Waals surface area (Å²) in [7, 11) is 1.58. The van der Waals surface area contributed by atoms with Crippen molar-refractivity contribution in [1.29, 1.82) is 0 Å². The Balaban J connectivity index is 1.70. The van der Waals surface area contributed by atoms with E-state index < -0.39 is 0 Å². The molecule has 124 valence electrons. The second-order valence-electron chi connectivity index (χ2n) is 5.17. The van der Waals surface area contributed by atoms with E-state index in [1.165, 1.54) is 0 Å². The van der Waals surface area contributed by atoms with E-state index in [0.29, 0.717) is 28.9 Å². The molecule has 8 nitrogen and oxygen atoms in total. The molecule has 0 amide bonds. The Labute approximate surface area is 138 Å². The van der Waals surface area contributed by atoms with Crippen LogP contribution < -0.4 is 14.8 Å². The Morgan fingerprint density at radius 1 is 1.00 bits per heavy atom. The van der Waals surface area contributed by atoms with Gasteiger partial charge in [-0.15, -0.1) is 5.10 Å². The maximum absolute atomic E-state index is 5.55. The van der Waals surface area contributed by atoms with E-state index in [4.69, 9.17) is 13.9 Å². The first-order valence-electron chi connectivity index (χ1n) is 7.37. The van der Waals surface area contributed by atoms with Gasteiger partial charge in [0.15, 0.2) is 0 Å². The number of anilines is 2. The van der Waals surface area contributed by atoms with Crippen LogP contribution in [0.4, 0.5) is 11.8 Å². The lowest BCUT2D eigenvalue weighted by molar-refractivity contribution is 0.241. The van der Waals surface area contributed by atoms with Crippen molar-refractivity contribution in [2.24, 2.45) is 0 Å². The van der Waals surface area contributed by atoms with E-state index in [1.807, 2.05) is 19.9 Å². The summed E-state index contributed by atoms with van der Waals surface area (Å²) in [6.07, 6.45) is 3.31. The minimum Gasteiger partial charge on any atom is -0.495 e. The largest absolute Gasteiger partial charge is 0.495 e. The number of ether oxygens (including phenoxy) is 2. The molecule has 0 spiro atoms. The third-order valence-electron chi connectivity index (χ3n) is 2.96. The van der Waals surface area contributed by atoms with Crippen molar-refractivity contribution in [3.8, 4) is 23.1 Å². The van der Waals surface area contributed by atoms with Crippen LogP contribution in [0.15, 0.2) is 41.1 Å². The molecule has 0 unspecified atom stereocenters. The van der Waals surface area contributed by atoms with Gasteiger partial charge in [-0.25, -0.2) is 9.97 Å². The van der Waals surface area contributed by atoms with Crippen molar-refractivity contribution in [2.45, 2.75) is 20.0 Å². The highest BCUT2D eigenvalue weighted by Crippen LogP contribution is 2.22. The highest BCUT2D eigenvalue weighted by atomic mass is 16.5. The van der Waals surface area contributed by atoms with Crippen molar-refractivity contribution < 1.29 is 13.9 Å². The molecule has 1 N–H and O–H groups in total. The summed E-state index contributed by atoms with van der Waals surface area (Å²) in [5.41, 5.74) is 0.564. The highest BCUT2D eigenvalue weighted by molar-refractivity contribution is 5.51. The number of nitrogens with one attached hydrogen (secondary N) is 1. The van der Waals surface area contributed by atoms with Gasteiger partial charge in [0, 0.05) is 0 Å². The van der Waals surface area contributed by atoms with Crippen LogP contribution in [0, 0.1) is 0 Å². The average Bonchev–Trinajstić information content (AvgIpc) is 3.04. The van der Waals surface area contributed by atoms with Crippen molar-refractivity contribution >= 4 is 11.8 Å². The molecule has 0 saturated carbocycles. The molecular weight excluding hydrogens is 310 g/mol. The second kappa shape index (κ2) is 6.95. The quantitative estimate of drug-likeness (QED) is 0.738. The van der Waals surface area contributed by atoms with E-state index >= 15 is 0 Å². The smallest absolute Gasteiger partial charge is 0.321 e. The normalized spacial score (nSPS) is 10.7. The predicted molar refractivity (Wildman–Crippen MR) is 87.4 cm³/mol. The SMILES string of the molecule is COc1ccc(Nc2nnc(-c3ccc(OC(C)C)cn3)o2)nc1. The fourth-order valence-corrected chi connectivity index (χ4v) is 1.91. The molecule has 0 bridgehead atoms. The zero-order valence-electron chi connectivity index (χ0n) is 13.6. The Morgan fingerprint density at radius 2 is 1.79 bits per heavy atom. The maximum atomic E-state index is 5.55. The van der Waals surface area contributed by atoms with Gasteiger partial charge in [-0.1, -0.05) is 5.10 Å². The first-order valence-corrected chi connectivity index (χ1v) is 7.37. The van der Waals surface area contributed by atoms with Gasteiger partial charge in [0.25, 0.3) is 5.89 Å². The fraction of sp³-hybridized carbons (Fsp3) is 0.250. The Morgan fingerprint density at radius 3 is 2.42 bits per heavy atom. The molecule has 0 aliphatic rings. The van der Waals surface area contributed by atoms with Crippen molar-refractivity contribution in [3.63, 3.8) is 0 Å². The monoisotopic (exact) mass is 327 g/mol. The van der Waals surface area contributed by atoms with E-state index in [2.05, 4.69) is 25.5 Å². The second-order valence-corrected chi connectivity index (χ2v) is 5.17. The molecule has 8 heteroatoms. The molecule has 3 aromatic heterocycles. The first kappa shape index (κ1) is 15.7. The van der Waals surface area contributed by atoms with Crippen LogP contribution >= 0.6 is 0 Å². The minimum atomic E-state index is 0.0915. The lowest BCUT2D eigenvalue weighted by Gasteiger charge is -2.08. The Bertz CT molecular complexity index is 784. The van der Waals surface area contributed by atoms with Gasteiger partial charge < -0.3 is 13.9 Å². The summed E-state index contributed by atoms with van der Waals surface area (Å²) in [6, 6.07) is 7.33. The topological polar surface area (TPSA) is 95.2 Å². The predicted octanol–water partition coefficient (Wildman–Crippen LogP) is 3.07. The van der Waals surface area contributed by atoms with Crippen LogP contribution in [-0.2, 0) is 0 Å². The van der Waals surface area contributed by atoms with Gasteiger partial charge in [0.1, 0.15) is 23.0 Å². The fourth-order valence-electron chi connectivity index (χ4n) is 1.91. The summed E-state index contributed by atoms with van der Waals surface area (Å²) in [4.78, 5) is 8.43. The number of pyridine rings is 2. The molecule has 3 rings (SSSR count).